The van der Waals surface area contributed by atoms with Crippen LogP contribution >= 0.6 is 0 Å². The summed E-state index contributed by atoms with van der Waals surface area (Å²) < 4.78 is 0. The Hall–Kier alpha value is -2.26. The van der Waals surface area contributed by atoms with Gasteiger partial charge in [0.2, 0.25) is 10.6 Å². The third-order valence-corrected chi connectivity index (χ3v) is 3.10. The zero-order chi connectivity index (χ0) is 13.0. The number of aryl methyl sites for hydroxylation is 1. The Morgan fingerprint density at radius 2 is 2.17 bits per heavy atom. The lowest BCUT2D eigenvalue weighted by molar-refractivity contribution is -0.132. The molecule has 0 saturated carbocycles. The van der Waals surface area contributed by atoms with Crippen LogP contribution in [0.25, 0.3) is 6.08 Å². The van der Waals surface area contributed by atoms with Crippen LogP contribution in [-0.4, -0.2) is 11.1 Å². The molecule has 5 heteroatoms. The maximum atomic E-state index is 11.0. The molecule has 0 aliphatic heterocycles. The number of nitrogens with one attached hydrogen (secondary N) is 1. The molecule has 18 heavy (non-hydrogen) atoms. The predicted molar refractivity (Wildman–Crippen MR) is 66.0 cm³/mol. The first-order chi connectivity index (χ1) is 8.72. The molecule has 0 unspecified atom stereocenters. The van der Waals surface area contributed by atoms with Crippen molar-refractivity contribution in [3.8, 4) is 0 Å². The first kappa shape index (κ1) is 12.2. The maximum Gasteiger partial charge on any atom is 0.362 e. The summed E-state index contributed by atoms with van der Waals surface area (Å²) >= 11 is 0. The standard InChI is InChI=1S/C13H13N3O2/c14-16-15-12(13(17)18)8-10-6-3-5-9-4-1-2-7-11(9)10/h3,5-6,8,14H,1-2,4,7H2/p+1/b12-8-. The summed E-state index contributed by atoms with van der Waals surface area (Å²) in [6, 6.07) is 5.89. The second-order valence-corrected chi connectivity index (χ2v) is 4.23. The molecule has 1 aromatic carbocycles. The van der Waals surface area contributed by atoms with E-state index in [1.807, 2.05) is 12.1 Å². The Labute approximate surface area is 104 Å². The second kappa shape index (κ2) is 5.38. The van der Waals surface area contributed by atoms with E-state index in [0.29, 0.717) is 0 Å². The molecule has 0 atom stereocenters. The van der Waals surface area contributed by atoms with Crippen molar-refractivity contribution in [3.05, 3.63) is 40.6 Å². The molecule has 0 heterocycles. The summed E-state index contributed by atoms with van der Waals surface area (Å²) in [6.07, 6.45) is 5.80. The van der Waals surface area contributed by atoms with E-state index in [-0.39, 0.29) is 5.70 Å². The molecule has 0 amide bonds. The fourth-order valence-corrected chi connectivity index (χ4v) is 2.28. The number of fused-ring (bicyclic) bond motifs is 1. The fraction of sp³-hybridized carbons (Fsp3) is 0.308. The number of aliphatic carboxylic acids is 1. The minimum absolute atomic E-state index is 0.205. The van der Waals surface area contributed by atoms with Gasteiger partial charge in [-0.25, -0.2) is 4.79 Å². The lowest BCUT2D eigenvalue weighted by Crippen LogP contribution is -2.05. The van der Waals surface area contributed by atoms with Crippen LogP contribution in [0.3, 0.4) is 0 Å². The molecule has 0 fully saturated rings. The molecule has 2 rings (SSSR count). The summed E-state index contributed by atoms with van der Waals surface area (Å²) in [6.45, 7) is 0. The van der Waals surface area contributed by atoms with Gasteiger partial charge in [0.15, 0.2) is 5.11 Å². The van der Waals surface area contributed by atoms with Gasteiger partial charge in [-0.15, -0.1) is 0 Å². The number of rotatable bonds is 3. The zero-order valence-electron chi connectivity index (χ0n) is 9.89. The van der Waals surface area contributed by atoms with Gasteiger partial charge < -0.3 is 5.11 Å². The number of carboxylic acids is 1. The number of nitrogens with zero attached hydrogens (tertiary/aromatic N) is 2. The molecule has 0 saturated heterocycles. The third-order valence-electron chi connectivity index (χ3n) is 3.10. The van der Waals surface area contributed by atoms with E-state index in [4.69, 9.17) is 10.6 Å². The molecule has 0 spiro atoms. The SMILES string of the molecule is N=[N+]=N/C(=C\c1cccc2c1CCCC2)C(=O)O. The summed E-state index contributed by atoms with van der Waals surface area (Å²) in [7, 11) is 0. The topological polar surface area (TPSA) is 87.6 Å². The molecule has 2 N–H and O–H groups in total. The molecule has 5 nitrogen and oxygen atoms in total. The minimum atomic E-state index is -1.17. The Morgan fingerprint density at radius 1 is 1.39 bits per heavy atom. The number of carbonyl (C=O) groups is 1. The van der Waals surface area contributed by atoms with E-state index in [9.17, 15) is 4.79 Å². The number of hydrogen-bond acceptors (Lipinski definition) is 3. The maximum absolute atomic E-state index is 11.0. The Kier molecular flexibility index (Phi) is 3.65. The molecule has 0 bridgehead atoms. The first-order valence-electron chi connectivity index (χ1n) is 5.85. The van der Waals surface area contributed by atoms with Crippen LogP contribution in [0.15, 0.2) is 29.0 Å². The summed E-state index contributed by atoms with van der Waals surface area (Å²) in [5.41, 5.74) is 9.78. The highest BCUT2D eigenvalue weighted by molar-refractivity contribution is 5.91. The van der Waals surface area contributed by atoms with E-state index in [0.717, 1.165) is 24.8 Å². The summed E-state index contributed by atoms with van der Waals surface area (Å²) in [5, 5.41) is 12.3. The third kappa shape index (κ3) is 2.52. The van der Waals surface area contributed by atoms with Crippen LogP contribution in [0.4, 0.5) is 0 Å². The van der Waals surface area contributed by atoms with Crippen LogP contribution in [0.5, 0.6) is 0 Å². The van der Waals surface area contributed by atoms with Crippen molar-refractivity contribution in [1.82, 2.24) is 4.91 Å². The van der Waals surface area contributed by atoms with Gasteiger partial charge in [-0.2, -0.15) is 0 Å². The molecule has 1 aromatic rings. The molecule has 1 aliphatic carbocycles. The van der Waals surface area contributed by atoms with Crippen molar-refractivity contribution in [1.29, 1.82) is 5.53 Å². The fourth-order valence-electron chi connectivity index (χ4n) is 2.28. The van der Waals surface area contributed by atoms with Gasteiger partial charge in [-0.1, -0.05) is 18.2 Å². The Morgan fingerprint density at radius 3 is 2.89 bits per heavy atom. The van der Waals surface area contributed by atoms with Crippen molar-refractivity contribution in [2.75, 3.05) is 0 Å². The van der Waals surface area contributed by atoms with Gasteiger partial charge >= 0.3 is 5.97 Å². The quantitative estimate of drug-likeness (QED) is 0.486. The number of hydrogen-bond donors (Lipinski definition) is 2. The van der Waals surface area contributed by atoms with Crippen LogP contribution < -0.4 is 4.91 Å². The largest absolute Gasteiger partial charge is 0.476 e. The molecule has 92 valence electrons. The molecular weight excluding hydrogens is 230 g/mol. The summed E-state index contributed by atoms with van der Waals surface area (Å²) in [4.78, 5) is 13.7. The van der Waals surface area contributed by atoms with Gasteiger partial charge in [0, 0.05) is 0 Å². The summed E-state index contributed by atoms with van der Waals surface area (Å²) in [5.74, 6) is -1.17. The normalized spacial score (nSPS) is 14.6. The Balaban J connectivity index is 2.47. The second-order valence-electron chi connectivity index (χ2n) is 4.23. The van der Waals surface area contributed by atoms with Crippen molar-refractivity contribution >= 4 is 12.0 Å². The molecule has 1 aliphatic rings. The highest BCUT2D eigenvalue weighted by atomic mass is 16.4. The lowest BCUT2D eigenvalue weighted by Gasteiger charge is -2.17. The number of carboxylic acid groups (broad SMARTS) is 1. The van der Waals surface area contributed by atoms with E-state index in [2.05, 4.69) is 16.1 Å². The van der Waals surface area contributed by atoms with E-state index >= 15 is 0 Å². The van der Waals surface area contributed by atoms with Crippen LogP contribution in [0.1, 0.15) is 29.5 Å². The van der Waals surface area contributed by atoms with Crippen molar-refractivity contribution in [2.45, 2.75) is 25.7 Å². The smallest absolute Gasteiger partial charge is 0.362 e. The zero-order valence-corrected chi connectivity index (χ0v) is 9.89. The van der Waals surface area contributed by atoms with Crippen molar-refractivity contribution < 1.29 is 9.90 Å². The van der Waals surface area contributed by atoms with Crippen LogP contribution in [0.2, 0.25) is 0 Å². The highest BCUT2D eigenvalue weighted by Crippen LogP contribution is 2.26. The van der Waals surface area contributed by atoms with Crippen molar-refractivity contribution in [3.63, 3.8) is 0 Å². The van der Waals surface area contributed by atoms with Crippen LogP contribution in [0, 0.1) is 5.53 Å². The Bertz CT molecular complexity index is 553. The monoisotopic (exact) mass is 244 g/mol. The van der Waals surface area contributed by atoms with Gasteiger partial charge in [-0.3, -0.25) is 0 Å². The van der Waals surface area contributed by atoms with Gasteiger partial charge in [0.05, 0.1) is 0 Å². The average Bonchev–Trinajstić information content (AvgIpc) is 2.38. The molecule has 0 radical (unpaired) electrons. The van der Waals surface area contributed by atoms with E-state index in [1.54, 1.807) is 0 Å². The van der Waals surface area contributed by atoms with Gasteiger partial charge in [0.1, 0.15) is 5.53 Å². The van der Waals surface area contributed by atoms with E-state index in [1.165, 1.54) is 23.6 Å². The first-order valence-corrected chi connectivity index (χ1v) is 5.85. The van der Waals surface area contributed by atoms with Gasteiger partial charge in [-0.05, 0) is 48.4 Å². The predicted octanol–water partition coefficient (Wildman–Crippen LogP) is 2.54. The average molecular weight is 244 g/mol. The lowest BCUT2D eigenvalue weighted by atomic mass is 9.88. The minimum Gasteiger partial charge on any atom is -0.476 e. The molecule has 0 aromatic heterocycles. The highest BCUT2D eigenvalue weighted by Gasteiger charge is 2.16. The van der Waals surface area contributed by atoms with E-state index < -0.39 is 5.97 Å². The van der Waals surface area contributed by atoms with Crippen LogP contribution in [-0.2, 0) is 17.6 Å². The molecular formula is C13H14N3O2+. The number of benzene rings is 1. The van der Waals surface area contributed by atoms with Gasteiger partial charge in [0.25, 0.3) is 0 Å². The van der Waals surface area contributed by atoms with Crippen molar-refractivity contribution in [2.24, 2.45) is 5.11 Å².